The van der Waals surface area contributed by atoms with E-state index in [2.05, 4.69) is 17.2 Å². The Bertz CT molecular complexity index is 629. The highest BCUT2D eigenvalue weighted by molar-refractivity contribution is 6.04. The van der Waals surface area contributed by atoms with Gasteiger partial charge in [-0.1, -0.05) is 13.8 Å². The molecule has 0 aliphatic heterocycles. The van der Waals surface area contributed by atoms with Crippen LogP contribution in [-0.2, 0) is 0 Å². The first-order valence-corrected chi connectivity index (χ1v) is 7.85. The van der Waals surface area contributed by atoms with E-state index in [1.165, 1.54) is 6.20 Å². The molecule has 0 unspecified atom stereocenters. The summed E-state index contributed by atoms with van der Waals surface area (Å²) < 4.78 is 11.4. The van der Waals surface area contributed by atoms with Gasteiger partial charge in [0, 0.05) is 24.1 Å². The second-order valence-electron chi connectivity index (χ2n) is 5.05. The fourth-order valence-corrected chi connectivity index (χ4v) is 1.94. The number of carbonyl (C=O) groups is 1. The monoisotopic (exact) mass is 314 g/mol. The third-order valence-electron chi connectivity index (χ3n) is 3.05. The molecular weight excluding hydrogens is 292 g/mol. The van der Waals surface area contributed by atoms with Gasteiger partial charge in [-0.15, -0.1) is 0 Å². The molecule has 1 amide bonds. The van der Waals surface area contributed by atoms with Crippen LogP contribution in [0.15, 0.2) is 42.7 Å². The molecule has 0 spiro atoms. The molecule has 1 heterocycles. The number of hydrogen-bond donors (Lipinski definition) is 1. The minimum atomic E-state index is -0.207. The van der Waals surface area contributed by atoms with E-state index < -0.39 is 0 Å². The zero-order chi connectivity index (χ0) is 16.5. The van der Waals surface area contributed by atoms with Crippen LogP contribution < -0.4 is 14.8 Å². The van der Waals surface area contributed by atoms with Crippen LogP contribution in [0.25, 0.3) is 0 Å². The van der Waals surface area contributed by atoms with Crippen molar-refractivity contribution in [2.24, 2.45) is 0 Å². The second kappa shape index (κ2) is 8.78. The summed E-state index contributed by atoms with van der Waals surface area (Å²) in [6, 6.07) is 8.86. The van der Waals surface area contributed by atoms with E-state index in [0.29, 0.717) is 36.0 Å². The van der Waals surface area contributed by atoms with Crippen molar-refractivity contribution in [1.29, 1.82) is 0 Å². The summed E-state index contributed by atoms with van der Waals surface area (Å²) in [7, 11) is 0. The lowest BCUT2D eigenvalue weighted by Crippen LogP contribution is -2.12. The van der Waals surface area contributed by atoms with Gasteiger partial charge in [-0.25, -0.2) is 0 Å². The SMILES string of the molecule is CCCOc1ccc(NC(=O)c2cccnc2)cc1OCCC. The zero-order valence-corrected chi connectivity index (χ0v) is 13.5. The van der Waals surface area contributed by atoms with Crippen molar-refractivity contribution >= 4 is 11.6 Å². The first kappa shape index (κ1) is 16.8. The minimum Gasteiger partial charge on any atom is -0.490 e. The van der Waals surface area contributed by atoms with Crippen LogP contribution >= 0.6 is 0 Å². The standard InChI is InChI=1S/C18H22N2O3/c1-3-10-22-16-8-7-15(12-17(16)23-11-4-2)20-18(21)14-6-5-9-19-13-14/h5-9,12-13H,3-4,10-11H2,1-2H3,(H,20,21). The van der Waals surface area contributed by atoms with Gasteiger partial charge in [0.05, 0.1) is 18.8 Å². The van der Waals surface area contributed by atoms with E-state index in [0.717, 1.165) is 12.8 Å². The van der Waals surface area contributed by atoms with Crippen molar-refractivity contribution in [3.63, 3.8) is 0 Å². The maximum absolute atomic E-state index is 12.2. The predicted molar refractivity (Wildman–Crippen MR) is 90.2 cm³/mol. The summed E-state index contributed by atoms with van der Waals surface area (Å²) in [5.41, 5.74) is 1.17. The van der Waals surface area contributed by atoms with E-state index in [9.17, 15) is 4.79 Å². The molecule has 5 heteroatoms. The molecule has 0 aliphatic carbocycles. The molecule has 0 atom stereocenters. The Labute approximate surface area is 136 Å². The zero-order valence-electron chi connectivity index (χ0n) is 13.5. The van der Waals surface area contributed by atoms with Gasteiger partial charge in [-0.2, -0.15) is 0 Å². The highest BCUT2D eigenvalue weighted by Gasteiger charge is 2.10. The van der Waals surface area contributed by atoms with E-state index >= 15 is 0 Å². The number of pyridine rings is 1. The normalized spacial score (nSPS) is 10.2. The van der Waals surface area contributed by atoms with Gasteiger partial charge >= 0.3 is 0 Å². The molecule has 0 radical (unpaired) electrons. The Morgan fingerprint density at radius 3 is 2.48 bits per heavy atom. The third-order valence-corrected chi connectivity index (χ3v) is 3.05. The highest BCUT2D eigenvalue weighted by atomic mass is 16.5. The Hall–Kier alpha value is -2.56. The number of rotatable bonds is 8. The number of benzene rings is 1. The molecule has 0 bridgehead atoms. The van der Waals surface area contributed by atoms with Crippen LogP contribution in [0.4, 0.5) is 5.69 Å². The van der Waals surface area contributed by atoms with E-state index in [-0.39, 0.29) is 5.91 Å². The fraction of sp³-hybridized carbons (Fsp3) is 0.333. The predicted octanol–water partition coefficient (Wildman–Crippen LogP) is 3.91. The molecule has 5 nitrogen and oxygen atoms in total. The first-order valence-electron chi connectivity index (χ1n) is 7.85. The fourth-order valence-electron chi connectivity index (χ4n) is 1.94. The van der Waals surface area contributed by atoms with Gasteiger partial charge < -0.3 is 14.8 Å². The quantitative estimate of drug-likeness (QED) is 0.802. The minimum absolute atomic E-state index is 0.207. The molecule has 1 N–H and O–H groups in total. The number of carbonyl (C=O) groups excluding carboxylic acids is 1. The smallest absolute Gasteiger partial charge is 0.257 e. The molecule has 1 aromatic heterocycles. The average Bonchev–Trinajstić information content (AvgIpc) is 2.59. The van der Waals surface area contributed by atoms with Crippen LogP contribution in [0.3, 0.4) is 0 Å². The largest absolute Gasteiger partial charge is 0.490 e. The number of hydrogen-bond acceptors (Lipinski definition) is 4. The summed E-state index contributed by atoms with van der Waals surface area (Å²) in [5.74, 6) is 1.13. The molecule has 2 aromatic rings. The summed E-state index contributed by atoms with van der Waals surface area (Å²) >= 11 is 0. The Kier molecular flexibility index (Phi) is 6.41. The molecule has 1 aromatic carbocycles. The third kappa shape index (κ3) is 4.98. The van der Waals surface area contributed by atoms with Gasteiger partial charge in [0.2, 0.25) is 0 Å². The summed E-state index contributed by atoms with van der Waals surface area (Å²) in [4.78, 5) is 16.1. The Morgan fingerprint density at radius 1 is 1.09 bits per heavy atom. The van der Waals surface area contributed by atoms with Crippen molar-refractivity contribution in [3.8, 4) is 11.5 Å². The van der Waals surface area contributed by atoms with Gasteiger partial charge in [0.1, 0.15) is 0 Å². The highest BCUT2D eigenvalue weighted by Crippen LogP contribution is 2.31. The topological polar surface area (TPSA) is 60.5 Å². The maximum Gasteiger partial charge on any atom is 0.257 e. The number of amides is 1. The number of nitrogens with zero attached hydrogens (tertiary/aromatic N) is 1. The molecule has 0 fully saturated rings. The van der Waals surface area contributed by atoms with Crippen LogP contribution in [0.2, 0.25) is 0 Å². The van der Waals surface area contributed by atoms with Crippen molar-refractivity contribution in [2.45, 2.75) is 26.7 Å². The molecule has 2 rings (SSSR count). The number of aromatic nitrogens is 1. The second-order valence-corrected chi connectivity index (χ2v) is 5.05. The molecular formula is C18H22N2O3. The van der Waals surface area contributed by atoms with E-state index in [1.54, 1.807) is 30.5 Å². The number of nitrogens with one attached hydrogen (secondary N) is 1. The lowest BCUT2D eigenvalue weighted by Gasteiger charge is -2.14. The maximum atomic E-state index is 12.2. The molecule has 122 valence electrons. The van der Waals surface area contributed by atoms with Crippen molar-refractivity contribution in [3.05, 3.63) is 48.3 Å². The lowest BCUT2D eigenvalue weighted by molar-refractivity contribution is 0.102. The summed E-state index contributed by atoms with van der Waals surface area (Å²) in [6.07, 6.45) is 4.99. The first-order chi connectivity index (χ1) is 11.2. The van der Waals surface area contributed by atoms with Gasteiger partial charge in [0.15, 0.2) is 11.5 Å². The van der Waals surface area contributed by atoms with E-state index in [4.69, 9.17) is 9.47 Å². The average molecular weight is 314 g/mol. The Balaban J connectivity index is 2.13. The van der Waals surface area contributed by atoms with Crippen molar-refractivity contribution in [1.82, 2.24) is 4.98 Å². The Morgan fingerprint density at radius 2 is 1.83 bits per heavy atom. The molecule has 0 saturated heterocycles. The van der Waals surface area contributed by atoms with E-state index in [1.807, 2.05) is 13.0 Å². The molecule has 0 saturated carbocycles. The van der Waals surface area contributed by atoms with Crippen LogP contribution in [0, 0.1) is 0 Å². The van der Waals surface area contributed by atoms with Crippen molar-refractivity contribution in [2.75, 3.05) is 18.5 Å². The van der Waals surface area contributed by atoms with Gasteiger partial charge in [-0.05, 0) is 37.1 Å². The number of ether oxygens (including phenoxy) is 2. The van der Waals surface area contributed by atoms with Gasteiger partial charge in [0.25, 0.3) is 5.91 Å². The van der Waals surface area contributed by atoms with Crippen LogP contribution in [0.1, 0.15) is 37.0 Å². The summed E-state index contributed by atoms with van der Waals surface area (Å²) in [6.45, 7) is 5.32. The molecule has 0 aliphatic rings. The van der Waals surface area contributed by atoms with Crippen LogP contribution in [-0.4, -0.2) is 24.1 Å². The number of anilines is 1. The van der Waals surface area contributed by atoms with Crippen LogP contribution in [0.5, 0.6) is 11.5 Å². The summed E-state index contributed by atoms with van der Waals surface area (Å²) in [5, 5.41) is 2.84. The van der Waals surface area contributed by atoms with Crippen molar-refractivity contribution < 1.29 is 14.3 Å². The lowest BCUT2D eigenvalue weighted by atomic mass is 10.2. The molecule has 23 heavy (non-hydrogen) atoms. The van der Waals surface area contributed by atoms with Gasteiger partial charge in [-0.3, -0.25) is 9.78 Å².